The number of aryl methyl sites for hydroxylation is 1. The molecule has 1 aliphatic rings. The maximum Gasteiger partial charge on any atom is 0.0967 e. The van der Waals surface area contributed by atoms with Crippen molar-refractivity contribution in [2.45, 2.75) is 38.7 Å². The Bertz CT molecular complexity index is 324. The molecule has 2 atom stereocenters. The molecule has 0 amide bonds. The summed E-state index contributed by atoms with van der Waals surface area (Å²) in [6.45, 7) is 3.59. The highest BCUT2D eigenvalue weighted by molar-refractivity contribution is 7.05. The van der Waals surface area contributed by atoms with Crippen molar-refractivity contribution in [1.29, 1.82) is 0 Å². The Balaban J connectivity index is 2.06. The summed E-state index contributed by atoms with van der Waals surface area (Å²) >= 11 is 1.32. The molecule has 0 aliphatic carbocycles. The number of rotatable bonds is 4. The molecule has 1 aromatic heterocycles. The summed E-state index contributed by atoms with van der Waals surface area (Å²) in [5.41, 5.74) is 0.963. The molecule has 0 spiro atoms. The molecule has 1 fully saturated rings. The van der Waals surface area contributed by atoms with Gasteiger partial charge in [-0.15, -0.1) is 5.10 Å². The smallest absolute Gasteiger partial charge is 0.0967 e. The van der Waals surface area contributed by atoms with Gasteiger partial charge in [-0.1, -0.05) is 17.8 Å². The first-order valence-corrected chi connectivity index (χ1v) is 6.67. The molecule has 2 unspecified atom stereocenters. The Morgan fingerprint density at radius 1 is 1.62 bits per heavy atom. The number of nitrogens with zero attached hydrogens (tertiary/aromatic N) is 2. The van der Waals surface area contributed by atoms with Crippen LogP contribution in [0.2, 0.25) is 0 Å². The zero-order valence-electron chi connectivity index (χ0n) is 9.56. The first kappa shape index (κ1) is 12.0. The largest absolute Gasteiger partial charge is 0.387 e. The highest BCUT2D eigenvalue weighted by Crippen LogP contribution is 2.32. The third kappa shape index (κ3) is 2.59. The fraction of sp³-hybridized carbons (Fsp3) is 0.818. The van der Waals surface area contributed by atoms with Crippen LogP contribution >= 0.6 is 11.5 Å². The van der Waals surface area contributed by atoms with Gasteiger partial charge in [-0.3, -0.25) is 0 Å². The Hall–Kier alpha value is -0.520. The Morgan fingerprint density at radius 2 is 2.50 bits per heavy atom. The predicted octanol–water partition coefficient (Wildman–Crippen LogP) is 1.95. The summed E-state index contributed by atoms with van der Waals surface area (Å²) in [6.07, 6.45) is 3.56. The maximum atomic E-state index is 10.3. The minimum Gasteiger partial charge on any atom is -0.387 e. The Labute approximate surface area is 99.8 Å². The van der Waals surface area contributed by atoms with Gasteiger partial charge in [0.05, 0.1) is 23.3 Å². The lowest BCUT2D eigenvalue weighted by molar-refractivity contribution is -0.00899. The molecule has 16 heavy (non-hydrogen) atoms. The van der Waals surface area contributed by atoms with Gasteiger partial charge >= 0.3 is 0 Å². The van der Waals surface area contributed by atoms with Crippen LogP contribution in [0.4, 0.5) is 0 Å². The van der Waals surface area contributed by atoms with E-state index >= 15 is 0 Å². The standard InChI is InChI=1S/C11H18N2O2S/c1-2-4-9-11(16-13-12-9)10(14)8-5-3-6-15-7-8/h8,10,14H,2-7H2,1H3. The molecule has 0 saturated carbocycles. The molecule has 90 valence electrons. The molecule has 0 bridgehead atoms. The van der Waals surface area contributed by atoms with Crippen molar-refractivity contribution in [1.82, 2.24) is 9.59 Å². The van der Waals surface area contributed by atoms with E-state index in [4.69, 9.17) is 4.74 Å². The van der Waals surface area contributed by atoms with Crippen LogP contribution in [0.5, 0.6) is 0 Å². The van der Waals surface area contributed by atoms with Crippen LogP contribution in [0, 0.1) is 5.92 Å². The van der Waals surface area contributed by atoms with Crippen LogP contribution in [0.25, 0.3) is 0 Å². The van der Waals surface area contributed by atoms with Crippen LogP contribution in [0.15, 0.2) is 0 Å². The van der Waals surface area contributed by atoms with Crippen molar-refractivity contribution in [2.24, 2.45) is 5.92 Å². The lowest BCUT2D eigenvalue weighted by atomic mass is 9.94. The SMILES string of the molecule is CCCc1nnsc1C(O)C1CCCOC1. The summed E-state index contributed by atoms with van der Waals surface area (Å²) in [4.78, 5) is 0.942. The van der Waals surface area contributed by atoms with Gasteiger partial charge in [-0.25, -0.2) is 0 Å². The first-order chi connectivity index (χ1) is 7.83. The number of hydrogen-bond acceptors (Lipinski definition) is 5. The van der Waals surface area contributed by atoms with Gasteiger partial charge in [-0.2, -0.15) is 0 Å². The zero-order valence-corrected chi connectivity index (χ0v) is 10.4. The molecule has 1 N–H and O–H groups in total. The van der Waals surface area contributed by atoms with Gasteiger partial charge in [0.2, 0.25) is 0 Å². The van der Waals surface area contributed by atoms with E-state index < -0.39 is 6.10 Å². The second-order valence-corrected chi connectivity index (χ2v) is 5.04. The number of hydrogen-bond donors (Lipinski definition) is 1. The van der Waals surface area contributed by atoms with Crippen molar-refractivity contribution in [3.8, 4) is 0 Å². The fourth-order valence-corrected chi connectivity index (χ4v) is 2.86. The van der Waals surface area contributed by atoms with Gasteiger partial charge in [0.15, 0.2) is 0 Å². The van der Waals surface area contributed by atoms with E-state index in [9.17, 15) is 5.11 Å². The molecule has 2 heterocycles. The van der Waals surface area contributed by atoms with Crippen molar-refractivity contribution >= 4 is 11.5 Å². The fourth-order valence-electron chi connectivity index (χ4n) is 2.08. The number of aliphatic hydroxyl groups is 1. The molecular weight excluding hydrogens is 224 g/mol. The molecule has 1 aliphatic heterocycles. The van der Waals surface area contributed by atoms with E-state index in [-0.39, 0.29) is 5.92 Å². The molecule has 1 saturated heterocycles. The first-order valence-electron chi connectivity index (χ1n) is 5.90. The second kappa shape index (κ2) is 5.70. The van der Waals surface area contributed by atoms with E-state index in [1.54, 1.807) is 0 Å². The van der Waals surface area contributed by atoms with Crippen molar-refractivity contribution in [3.63, 3.8) is 0 Å². The molecule has 5 heteroatoms. The van der Waals surface area contributed by atoms with Crippen molar-refractivity contribution in [2.75, 3.05) is 13.2 Å². The summed E-state index contributed by atoms with van der Waals surface area (Å²) in [5.74, 6) is 0.214. The molecule has 4 nitrogen and oxygen atoms in total. The molecule has 0 aromatic carbocycles. The third-order valence-electron chi connectivity index (χ3n) is 2.98. The van der Waals surface area contributed by atoms with Gasteiger partial charge < -0.3 is 9.84 Å². The monoisotopic (exact) mass is 242 g/mol. The van der Waals surface area contributed by atoms with Crippen molar-refractivity contribution in [3.05, 3.63) is 10.6 Å². The summed E-state index contributed by atoms with van der Waals surface area (Å²) in [6, 6.07) is 0. The number of ether oxygens (including phenoxy) is 1. The van der Waals surface area contributed by atoms with Crippen LogP contribution in [-0.4, -0.2) is 27.9 Å². The number of aliphatic hydroxyl groups excluding tert-OH is 1. The third-order valence-corrected chi connectivity index (χ3v) is 3.82. The normalized spacial score (nSPS) is 23.2. The van der Waals surface area contributed by atoms with Crippen LogP contribution in [-0.2, 0) is 11.2 Å². The Kier molecular flexibility index (Phi) is 4.26. The van der Waals surface area contributed by atoms with E-state index in [0.717, 1.165) is 42.9 Å². The molecule has 2 rings (SSSR count). The van der Waals surface area contributed by atoms with Gasteiger partial charge in [0.25, 0.3) is 0 Å². The minimum absolute atomic E-state index is 0.214. The molecule has 1 aromatic rings. The highest BCUT2D eigenvalue weighted by Gasteiger charge is 2.27. The lowest BCUT2D eigenvalue weighted by Gasteiger charge is -2.26. The maximum absolute atomic E-state index is 10.3. The lowest BCUT2D eigenvalue weighted by Crippen LogP contribution is -2.23. The zero-order chi connectivity index (χ0) is 11.4. The second-order valence-electron chi connectivity index (χ2n) is 4.26. The highest BCUT2D eigenvalue weighted by atomic mass is 32.1. The summed E-state index contributed by atoms with van der Waals surface area (Å²) < 4.78 is 9.35. The molecule has 0 radical (unpaired) electrons. The van der Waals surface area contributed by atoms with E-state index in [0.29, 0.717) is 6.61 Å². The van der Waals surface area contributed by atoms with Crippen LogP contribution < -0.4 is 0 Å². The number of aromatic nitrogens is 2. The summed E-state index contributed by atoms with van der Waals surface area (Å²) in [7, 11) is 0. The summed E-state index contributed by atoms with van der Waals surface area (Å²) in [5, 5.41) is 14.4. The van der Waals surface area contributed by atoms with Gasteiger partial charge in [0.1, 0.15) is 0 Å². The minimum atomic E-state index is -0.443. The predicted molar refractivity (Wildman–Crippen MR) is 62.4 cm³/mol. The molecular formula is C11H18N2O2S. The Morgan fingerprint density at radius 3 is 3.19 bits per heavy atom. The van der Waals surface area contributed by atoms with Gasteiger partial charge in [0, 0.05) is 12.5 Å². The van der Waals surface area contributed by atoms with Gasteiger partial charge in [-0.05, 0) is 30.8 Å². The average molecular weight is 242 g/mol. The van der Waals surface area contributed by atoms with Crippen LogP contribution in [0.3, 0.4) is 0 Å². The van der Waals surface area contributed by atoms with E-state index in [1.165, 1.54) is 11.5 Å². The van der Waals surface area contributed by atoms with Crippen molar-refractivity contribution < 1.29 is 9.84 Å². The average Bonchev–Trinajstić information content (AvgIpc) is 2.78. The quantitative estimate of drug-likeness (QED) is 0.876. The van der Waals surface area contributed by atoms with Crippen LogP contribution in [0.1, 0.15) is 42.9 Å². The van der Waals surface area contributed by atoms with E-state index in [2.05, 4.69) is 16.5 Å². The van der Waals surface area contributed by atoms with E-state index in [1.807, 2.05) is 0 Å². The topological polar surface area (TPSA) is 55.2 Å².